The summed E-state index contributed by atoms with van der Waals surface area (Å²) in [5, 5.41) is 17.2. The van der Waals surface area contributed by atoms with Gasteiger partial charge in [-0.05, 0) is 48.0 Å². The van der Waals surface area contributed by atoms with Crippen molar-refractivity contribution in [1.29, 1.82) is 0 Å². The van der Waals surface area contributed by atoms with Gasteiger partial charge in [0.05, 0.1) is 30.3 Å². The van der Waals surface area contributed by atoms with Crippen molar-refractivity contribution in [2.45, 2.75) is 26.3 Å². The Kier molecular flexibility index (Phi) is 6.07. The number of methoxy groups -OCH3 is 1. The third-order valence-corrected chi connectivity index (χ3v) is 5.67. The summed E-state index contributed by atoms with van der Waals surface area (Å²) < 4.78 is 10.5. The molecule has 10 nitrogen and oxygen atoms in total. The molecule has 0 spiro atoms. The molecule has 0 saturated heterocycles. The number of phenols is 1. The molecular formula is C26H24N6O4. The number of aromatic nitrogens is 5. The minimum absolute atomic E-state index is 0.0685. The Bertz CT molecular complexity index is 1560. The predicted molar refractivity (Wildman–Crippen MR) is 133 cm³/mol. The number of hydrogen-bond acceptors (Lipinski definition) is 8. The van der Waals surface area contributed by atoms with Gasteiger partial charge in [0, 0.05) is 23.2 Å². The number of pyridine rings is 1. The van der Waals surface area contributed by atoms with Gasteiger partial charge < -0.3 is 24.7 Å². The molecule has 0 aliphatic rings. The Hall–Kier alpha value is -4.73. The smallest absolute Gasteiger partial charge is 0.251 e. The van der Waals surface area contributed by atoms with Crippen molar-refractivity contribution in [3.05, 3.63) is 72.0 Å². The van der Waals surface area contributed by atoms with Crippen molar-refractivity contribution in [1.82, 2.24) is 30.4 Å². The van der Waals surface area contributed by atoms with E-state index in [0.29, 0.717) is 40.1 Å². The molecule has 3 heterocycles. The predicted octanol–water partition coefficient (Wildman–Crippen LogP) is 4.44. The van der Waals surface area contributed by atoms with Crippen LogP contribution in [0.1, 0.15) is 41.8 Å². The second-order valence-corrected chi connectivity index (χ2v) is 8.49. The molecule has 0 unspecified atom stereocenters. The average molecular weight is 485 g/mol. The van der Waals surface area contributed by atoms with Crippen molar-refractivity contribution in [2.24, 2.45) is 0 Å². The van der Waals surface area contributed by atoms with E-state index in [1.54, 1.807) is 43.6 Å². The molecule has 0 fully saturated rings. The number of H-pyrrole nitrogens is 1. The molecular weight excluding hydrogens is 460 g/mol. The molecule has 36 heavy (non-hydrogen) atoms. The summed E-state index contributed by atoms with van der Waals surface area (Å²) in [6.45, 7) is 4.06. The number of amides is 1. The Labute approximate surface area is 206 Å². The van der Waals surface area contributed by atoms with Gasteiger partial charge in [-0.1, -0.05) is 25.1 Å². The van der Waals surface area contributed by atoms with Gasteiger partial charge in [-0.2, -0.15) is 4.98 Å². The first-order valence-electron chi connectivity index (χ1n) is 11.4. The molecule has 1 amide bonds. The van der Waals surface area contributed by atoms with E-state index >= 15 is 0 Å². The monoisotopic (exact) mass is 484 g/mol. The van der Waals surface area contributed by atoms with Crippen molar-refractivity contribution < 1.29 is 19.2 Å². The van der Waals surface area contributed by atoms with Crippen LogP contribution in [-0.4, -0.2) is 43.2 Å². The lowest BCUT2D eigenvalue weighted by molar-refractivity contribution is 0.0946. The number of nitrogens with one attached hydrogen (secondary N) is 2. The fourth-order valence-electron chi connectivity index (χ4n) is 3.77. The molecule has 5 aromatic rings. The first-order valence-corrected chi connectivity index (χ1v) is 11.4. The molecule has 3 N–H and O–H groups in total. The second kappa shape index (κ2) is 9.49. The van der Waals surface area contributed by atoms with E-state index < -0.39 is 0 Å². The van der Waals surface area contributed by atoms with E-state index in [2.05, 4.69) is 30.4 Å². The molecule has 0 radical (unpaired) electrons. The zero-order valence-electron chi connectivity index (χ0n) is 19.9. The van der Waals surface area contributed by atoms with Crippen LogP contribution in [0.5, 0.6) is 11.6 Å². The number of imidazole rings is 1. The number of ether oxygens (including phenoxy) is 1. The first kappa shape index (κ1) is 23.0. The van der Waals surface area contributed by atoms with Crippen LogP contribution in [0.3, 0.4) is 0 Å². The van der Waals surface area contributed by atoms with E-state index in [0.717, 1.165) is 16.6 Å². The number of phenolic OH excluding ortho intramolecular Hbond substituents is 1. The number of nitrogens with zero attached hydrogens (tertiary/aromatic N) is 4. The van der Waals surface area contributed by atoms with Crippen LogP contribution in [-0.2, 0) is 6.54 Å². The minimum Gasteiger partial charge on any atom is -0.507 e. The Balaban J connectivity index is 1.40. The van der Waals surface area contributed by atoms with Crippen LogP contribution in [0.15, 0.2) is 59.3 Å². The van der Waals surface area contributed by atoms with Crippen molar-refractivity contribution in [2.75, 3.05) is 7.11 Å². The third kappa shape index (κ3) is 4.48. The Morgan fingerprint density at radius 2 is 2.00 bits per heavy atom. The first-order chi connectivity index (χ1) is 17.4. The molecule has 2 aromatic carbocycles. The fourth-order valence-corrected chi connectivity index (χ4v) is 3.77. The van der Waals surface area contributed by atoms with Crippen LogP contribution in [0.25, 0.3) is 33.5 Å². The maximum atomic E-state index is 12.7. The summed E-state index contributed by atoms with van der Waals surface area (Å²) in [6, 6.07) is 14.1. The van der Waals surface area contributed by atoms with Gasteiger partial charge >= 0.3 is 0 Å². The molecule has 0 atom stereocenters. The van der Waals surface area contributed by atoms with Gasteiger partial charge in [-0.3, -0.25) is 4.79 Å². The largest absolute Gasteiger partial charge is 0.507 e. The highest BCUT2D eigenvalue weighted by Gasteiger charge is 2.16. The maximum Gasteiger partial charge on any atom is 0.251 e. The number of hydrogen-bond donors (Lipinski definition) is 3. The number of aromatic amines is 1. The topological polar surface area (TPSA) is 139 Å². The second-order valence-electron chi connectivity index (χ2n) is 8.49. The summed E-state index contributed by atoms with van der Waals surface area (Å²) in [5.74, 6) is 1.81. The van der Waals surface area contributed by atoms with Gasteiger partial charge in [0.15, 0.2) is 5.82 Å². The zero-order chi connectivity index (χ0) is 25.2. The lowest BCUT2D eigenvalue weighted by Crippen LogP contribution is -2.22. The number of carbonyl (C=O) groups excluding carboxylic acids is 1. The average Bonchev–Trinajstić information content (AvgIpc) is 3.54. The maximum absolute atomic E-state index is 12.7. The molecule has 0 saturated carbocycles. The summed E-state index contributed by atoms with van der Waals surface area (Å²) in [5.41, 5.74) is 3.86. The number of fused-ring (bicyclic) bond motifs is 1. The summed E-state index contributed by atoms with van der Waals surface area (Å²) in [4.78, 5) is 29.0. The Morgan fingerprint density at radius 3 is 2.78 bits per heavy atom. The minimum atomic E-state index is -0.292. The molecule has 0 bridgehead atoms. The zero-order valence-corrected chi connectivity index (χ0v) is 19.9. The highest BCUT2D eigenvalue weighted by Crippen LogP contribution is 2.35. The van der Waals surface area contributed by atoms with Crippen LogP contribution >= 0.6 is 0 Å². The van der Waals surface area contributed by atoms with E-state index in [9.17, 15) is 9.90 Å². The van der Waals surface area contributed by atoms with Crippen molar-refractivity contribution in [3.63, 3.8) is 0 Å². The van der Waals surface area contributed by atoms with E-state index in [4.69, 9.17) is 9.26 Å². The molecule has 10 heteroatoms. The quantitative estimate of drug-likeness (QED) is 0.308. The van der Waals surface area contributed by atoms with Crippen molar-refractivity contribution in [3.8, 4) is 34.1 Å². The van der Waals surface area contributed by atoms with E-state index in [-0.39, 0.29) is 24.1 Å². The van der Waals surface area contributed by atoms with Crippen LogP contribution in [0, 0.1) is 0 Å². The Morgan fingerprint density at radius 1 is 1.14 bits per heavy atom. The third-order valence-electron chi connectivity index (χ3n) is 5.67. The molecule has 182 valence electrons. The molecule has 3 aromatic heterocycles. The number of carbonyl (C=O) groups is 1. The summed E-state index contributed by atoms with van der Waals surface area (Å²) in [6.07, 6.45) is 1.65. The molecule has 0 aliphatic carbocycles. The van der Waals surface area contributed by atoms with Crippen LogP contribution in [0.4, 0.5) is 0 Å². The highest BCUT2D eigenvalue weighted by molar-refractivity contribution is 5.97. The fraction of sp³-hybridized carbons (Fsp3) is 0.192. The number of rotatable bonds is 7. The number of benzene rings is 2. The SMILES string of the molecule is COc1ncccc1-c1ccc(O)c(-c2nc3cc(C(=O)NCc4nc(C(C)C)no4)ccc3[nH]2)c1. The van der Waals surface area contributed by atoms with Gasteiger partial charge in [0.25, 0.3) is 5.91 Å². The lowest BCUT2D eigenvalue weighted by atomic mass is 10.0. The van der Waals surface area contributed by atoms with Gasteiger partial charge in [-0.15, -0.1) is 0 Å². The lowest BCUT2D eigenvalue weighted by Gasteiger charge is -2.09. The van der Waals surface area contributed by atoms with Gasteiger partial charge in [-0.25, -0.2) is 9.97 Å². The highest BCUT2D eigenvalue weighted by atomic mass is 16.5. The summed E-state index contributed by atoms with van der Waals surface area (Å²) in [7, 11) is 1.56. The summed E-state index contributed by atoms with van der Waals surface area (Å²) >= 11 is 0. The van der Waals surface area contributed by atoms with E-state index in [1.165, 1.54) is 0 Å². The number of aromatic hydroxyl groups is 1. The van der Waals surface area contributed by atoms with E-state index in [1.807, 2.05) is 32.0 Å². The standard InChI is InChI=1S/C26H24N6O4/c1-14(2)23-31-22(36-32-23)13-28-25(34)16-6-8-19-20(12-16)30-24(29-19)18-11-15(7-9-21(18)33)17-5-4-10-27-26(17)35-3/h4-12,14,33H,13H2,1-3H3,(H,28,34)(H,29,30). The molecule has 0 aliphatic heterocycles. The van der Waals surface area contributed by atoms with Crippen molar-refractivity contribution >= 4 is 16.9 Å². The molecule has 5 rings (SSSR count). The van der Waals surface area contributed by atoms with Gasteiger partial charge in [0.1, 0.15) is 11.6 Å². The van der Waals surface area contributed by atoms with Gasteiger partial charge in [0.2, 0.25) is 11.8 Å². The normalized spacial score (nSPS) is 11.2. The van der Waals surface area contributed by atoms with Crippen LogP contribution in [0.2, 0.25) is 0 Å². The van der Waals surface area contributed by atoms with Crippen LogP contribution < -0.4 is 10.1 Å².